The third kappa shape index (κ3) is 3.81. The van der Waals surface area contributed by atoms with Gasteiger partial charge in [0.25, 0.3) is 0 Å². The van der Waals surface area contributed by atoms with Crippen molar-refractivity contribution < 1.29 is 4.74 Å². The summed E-state index contributed by atoms with van der Waals surface area (Å²) in [6, 6.07) is 0.320. The van der Waals surface area contributed by atoms with Crippen molar-refractivity contribution in [3.8, 4) is 0 Å². The molecule has 1 N–H and O–H groups in total. The first kappa shape index (κ1) is 12.5. The molecule has 0 saturated carbocycles. The van der Waals surface area contributed by atoms with Gasteiger partial charge in [-0.2, -0.15) is 0 Å². The molecule has 0 bridgehead atoms. The maximum Gasteiger partial charge on any atom is 0.128 e. The number of rotatable bonds is 6. The van der Waals surface area contributed by atoms with Gasteiger partial charge in [-0.15, -0.1) is 0 Å². The molecule has 0 amide bonds. The lowest BCUT2D eigenvalue weighted by Gasteiger charge is -2.13. The topological polar surface area (TPSA) is 39.1 Å². The average Bonchev–Trinajstić information content (AvgIpc) is 2.54. The van der Waals surface area contributed by atoms with E-state index in [0.29, 0.717) is 24.3 Å². The van der Waals surface area contributed by atoms with Crippen molar-refractivity contribution in [3.05, 3.63) is 17.2 Å². The summed E-state index contributed by atoms with van der Waals surface area (Å²) < 4.78 is 7.17. The van der Waals surface area contributed by atoms with E-state index in [4.69, 9.17) is 16.3 Å². The van der Waals surface area contributed by atoms with E-state index in [-0.39, 0.29) is 0 Å². The van der Waals surface area contributed by atoms with E-state index in [1.807, 2.05) is 18.5 Å². The number of aromatic nitrogens is 2. The molecular weight excluding hydrogens is 214 g/mol. The molecule has 4 nitrogen and oxygen atoms in total. The Kier molecular flexibility index (Phi) is 5.08. The zero-order valence-electron chi connectivity index (χ0n) is 9.46. The Labute approximate surface area is 95.6 Å². The number of nitrogens with one attached hydrogen (secondary N) is 1. The Hall–Kier alpha value is -0.580. The highest BCUT2D eigenvalue weighted by Crippen LogP contribution is 2.08. The van der Waals surface area contributed by atoms with Gasteiger partial charge in [-0.1, -0.05) is 11.6 Å². The summed E-state index contributed by atoms with van der Waals surface area (Å²) in [5.41, 5.74) is 0. The van der Waals surface area contributed by atoms with Crippen LogP contribution < -0.4 is 5.32 Å². The van der Waals surface area contributed by atoms with Gasteiger partial charge in [-0.3, -0.25) is 0 Å². The Morgan fingerprint density at radius 3 is 2.93 bits per heavy atom. The van der Waals surface area contributed by atoms with E-state index < -0.39 is 0 Å². The van der Waals surface area contributed by atoms with Gasteiger partial charge >= 0.3 is 0 Å². The first-order chi connectivity index (χ1) is 7.15. The second kappa shape index (κ2) is 6.10. The Bertz CT molecular complexity index is 301. The Balaban J connectivity index is 2.33. The molecule has 15 heavy (non-hydrogen) atoms. The van der Waals surface area contributed by atoms with Crippen LogP contribution in [0.3, 0.4) is 0 Å². The normalized spacial score (nSPS) is 13.1. The highest BCUT2D eigenvalue weighted by atomic mass is 35.5. The third-order valence-electron chi connectivity index (χ3n) is 2.21. The molecule has 1 unspecified atom stereocenters. The molecule has 0 saturated heterocycles. The summed E-state index contributed by atoms with van der Waals surface area (Å²) in [6.45, 7) is 6.25. The first-order valence-electron chi connectivity index (χ1n) is 5.12. The fourth-order valence-electron chi connectivity index (χ4n) is 1.21. The van der Waals surface area contributed by atoms with E-state index in [1.54, 1.807) is 6.20 Å². The van der Waals surface area contributed by atoms with Crippen LogP contribution in [0.25, 0.3) is 0 Å². The molecule has 0 fully saturated rings. The van der Waals surface area contributed by atoms with Crippen molar-refractivity contribution in [1.29, 1.82) is 0 Å². The number of imidazole rings is 1. The van der Waals surface area contributed by atoms with E-state index in [1.165, 1.54) is 0 Å². The van der Waals surface area contributed by atoms with Crippen LogP contribution in [0, 0.1) is 0 Å². The van der Waals surface area contributed by atoms with Crippen LogP contribution in [0.2, 0.25) is 5.15 Å². The maximum absolute atomic E-state index is 5.88. The van der Waals surface area contributed by atoms with Gasteiger partial charge in [0, 0.05) is 19.7 Å². The van der Waals surface area contributed by atoms with Crippen molar-refractivity contribution in [1.82, 2.24) is 14.9 Å². The van der Waals surface area contributed by atoms with Crippen LogP contribution in [-0.2, 0) is 18.3 Å². The predicted molar refractivity (Wildman–Crippen MR) is 61.0 cm³/mol. The van der Waals surface area contributed by atoms with Gasteiger partial charge in [0.05, 0.1) is 19.3 Å². The molecule has 1 heterocycles. The minimum Gasteiger partial charge on any atom is -0.380 e. The molecule has 1 aromatic rings. The fourth-order valence-corrected chi connectivity index (χ4v) is 1.35. The first-order valence-corrected chi connectivity index (χ1v) is 5.50. The molecule has 0 radical (unpaired) electrons. The quantitative estimate of drug-likeness (QED) is 0.808. The molecule has 1 aromatic heterocycles. The third-order valence-corrected chi connectivity index (χ3v) is 2.56. The lowest BCUT2D eigenvalue weighted by atomic mass is 10.3. The van der Waals surface area contributed by atoms with Crippen LogP contribution in [0.15, 0.2) is 6.20 Å². The highest BCUT2D eigenvalue weighted by Gasteiger charge is 2.06. The predicted octanol–water partition coefficient (Wildman–Crippen LogP) is 1.59. The van der Waals surface area contributed by atoms with Gasteiger partial charge < -0.3 is 14.6 Å². The standard InChI is InChI=1S/C10H18ClN3O/c1-4-15-7-8(2)12-6-10-13-5-9(11)14(10)3/h5,8,12H,4,6-7H2,1-3H3. The molecular formula is C10H18ClN3O. The van der Waals surface area contributed by atoms with Gasteiger partial charge in [-0.05, 0) is 13.8 Å². The number of hydrogen-bond acceptors (Lipinski definition) is 3. The summed E-state index contributed by atoms with van der Waals surface area (Å²) >= 11 is 5.88. The molecule has 0 aliphatic rings. The van der Waals surface area contributed by atoms with E-state index in [9.17, 15) is 0 Å². The molecule has 1 rings (SSSR count). The molecule has 0 aliphatic heterocycles. The van der Waals surface area contributed by atoms with Crippen LogP contribution in [0.1, 0.15) is 19.7 Å². The lowest BCUT2D eigenvalue weighted by Crippen LogP contribution is -2.31. The molecule has 5 heteroatoms. The van der Waals surface area contributed by atoms with Gasteiger partial charge in [0.1, 0.15) is 11.0 Å². The minimum absolute atomic E-state index is 0.320. The second-order valence-corrected chi connectivity index (χ2v) is 3.88. The smallest absolute Gasteiger partial charge is 0.128 e. The monoisotopic (exact) mass is 231 g/mol. The van der Waals surface area contributed by atoms with E-state index in [2.05, 4.69) is 17.2 Å². The van der Waals surface area contributed by atoms with Crippen LogP contribution >= 0.6 is 11.6 Å². The zero-order chi connectivity index (χ0) is 11.3. The minimum atomic E-state index is 0.320. The molecule has 0 spiro atoms. The Morgan fingerprint density at radius 1 is 1.67 bits per heavy atom. The van der Waals surface area contributed by atoms with Crippen molar-refractivity contribution in [2.75, 3.05) is 13.2 Å². The van der Waals surface area contributed by atoms with E-state index in [0.717, 1.165) is 12.4 Å². The highest BCUT2D eigenvalue weighted by molar-refractivity contribution is 6.29. The van der Waals surface area contributed by atoms with Gasteiger partial charge in [0.2, 0.25) is 0 Å². The summed E-state index contributed by atoms with van der Waals surface area (Å²) in [6.07, 6.45) is 1.66. The average molecular weight is 232 g/mol. The lowest BCUT2D eigenvalue weighted by molar-refractivity contribution is 0.126. The number of halogens is 1. The van der Waals surface area contributed by atoms with Crippen LogP contribution in [-0.4, -0.2) is 28.8 Å². The summed E-state index contributed by atoms with van der Waals surface area (Å²) in [4.78, 5) is 4.20. The van der Waals surface area contributed by atoms with Gasteiger partial charge in [-0.25, -0.2) is 4.98 Å². The summed E-state index contributed by atoms with van der Waals surface area (Å²) in [5.74, 6) is 0.934. The van der Waals surface area contributed by atoms with Gasteiger partial charge in [0.15, 0.2) is 0 Å². The fraction of sp³-hybridized carbons (Fsp3) is 0.700. The summed E-state index contributed by atoms with van der Waals surface area (Å²) in [7, 11) is 1.90. The van der Waals surface area contributed by atoms with Crippen molar-refractivity contribution in [2.24, 2.45) is 7.05 Å². The van der Waals surface area contributed by atoms with Crippen molar-refractivity contribution >= 4 is 11.6 Å². The van der Waals surface area contributed by atoms with Crippen molar-refractivity contribution in [3.63, 3.8) is 0 Å². The zero-order valence-corrected chi connectivity index (χ0v) is 10.2. The largest absolute Gasteiger partial charge is 0.380 e. The molecule has 0 aromatic carbocycles. The molecule has 0 aliphatic carbocycles. The SMILES string of the molecule is CCOCC(C)NCc1ncc(Cl)n1C. The van der Waals surface area contributed by atoms with Crippen LogP contribution in [0.5, 0.6) is 0 Å². The summed E-state index contributed by atoms with van der Waals surface area (Å²) in [5, 5.41) is 3.98. The van der Waals surface area contributed by atoms with E-state index >= 15 is 0 Å². The molecule has 1 atom stereocenters. The molecule has 86 valence electrons. The van der Waals surface area contributed by atoms with Crippen molar-refractivity contribution in [2.45, 2.75) is 26.4 Å². The number of nitrogens with zero attached hydrogens (tertiary/aromatic N) is 2. The number of hydrogen-bond donors (Lipinski definition) is 1. The van der Waals surface area contributed by atoms with Crippen LogP contribution in [0.4, 0.5) is 0 Å². The second-order valence-electron chi connectivity index (χ2n) is 3.50. The number of ether oxygens (including phenoxy) is 1. The Morgan fingerprint density at radius 2 is 2.40 bits per heavy atom. The maximum atomic E-state index is 5.88.